The first-order valence-electron chi connectivity index (χ1n) is 7.49. The lowest BCUT2D eigenvalue weighted by molar-refractivity contribution is 0.358. The Morgan fingerprint density at radius 3 is 2.62 bits per heavy atom. The van der Waals surface area contributed by atoms with Crippen LogP contribution in [0.3, 0.4) is 0 Å². The number of benzene rings is 1. The Hall–Kier alpha value is -2.09. The minimum atomic E-state index is 0. The average Bonchev–Trinajstić information content (AvgIpc) is 2.61. The van der Waals surface area contributed by atoms with Crippen LogP contribution in [0, 0.1) is 0 Å². The third-order valence-corrected chi connectivity index (χ3v) is 3.16. The molecule has 0 saturated heterocycles. The van der Waals surface area contributed by atoms with Crippen LogP contribution in [0.4, 0.5) is 0 Å². The van der Waals surface area contributed by atoms with Crippen molar-refractivity contribution in [3.05, 3.63) is 72.6 Å². The number of para-hydroxylation sites is 1. The molecule has 0 aliphatic carbocycles. The average molecular weight is 438 g/mol. The fourth-order valence-electron chi connectivity index (χ4n) is 2.02. The third-order valence-electron chi connectivity index (χ3n) is 3.16. The smallest absolute Gasteiger partial charge is 0.191 e. The van der Waals surface area contributed by atoms with Crippen molar-refractivity contribution < 1.29 is 4.74 Å². The summed E-state index contributed by atoms with van der Waals surface area (Å²) in [7, 11) is 1.74. The molecule has 0 spiro atoms. The van der Waals surface area contributed by atoms with Crippen molar-refractivity contribution >= 4 is 29.9 Å². The molecule has 128 valence electrons. The number of nitrogens with zero attached hydrogens (tertiary/aromatic N) is 2. The molecule has 0 atom stereocenters. The minimum absolute atomic E-state index is 0. The Bertz CT molecular complexity index is 646. The number of aromatic nitrogens is 1. The molecular formula is C18H23IN4O. The lowest BCUT2D eigenvalue weighted by atomic mass is 10.2. The molecule has 2 rings (SSSR count). The Labute approximate surface area is 160 Å². The number of rotatable bonds is 7. The third kappa shape index (κ3) is 6.57. The van der Waals surface area contributed by atoms with Crippen molar-refractivity contribution in [2.45, 2.75) is 13.1 Å². The molecule has 0 unspecified atom stereocenters. The number of hydrogen-bond acceptors (Lipinski definition) is 3. The lowest BCUT2D eigenvalue weighted by Crippen LogP contribution is -2.36. The first-order valence-corrected chi connectivity index (χ1v) is 7.49. The van der Waals surface area contributed by atoms with E-state index in [-0.39, 0.29) is 24.0 Å². The van der Waals surface area contributed by atoms with Crippen molar-refractivity contribution in [2.75, 3.05) is 13.7 Å². The molecular weight excluding hydrogens is 415 g/mol. The molecule has 0 bridgehead atoms. The van der Waals surface area contributed by atoms with Gasteiger partial charge >= 0.3 is 0 Å². The van der Waals surface area contributed by atoms with Gasteiger partial charge in [-0.2, -0.15) is 0 Å². The number of halogens is 1. The number of aliphatic imine (C=N–C) groups is 1. The maximum absolute atomic E-state index is 5.65. The zero-order valence-electron chi connectivity index (χ0n) is 13.7. The second-order valence-electron chi connectivity index (χ2n) is 4.81. The molecule has 1 aromatic carbocycles. The van der Waals surface area contributed by atoms with Crippen LogP contribution in [0.25, 0.3) is 0 Å². The van der Waals surface area contributed by atoms with Gasteiger partial charge < -0.3 is 15.4 Å². The largest absolute Gasteiger partial charge is 0.489 e. The highest BCUT2D eigenvalue weighted by Crippen LogP contribution is 2.17. The molecule has 0 saturated carbocycles. The van der Waals surface area contributed by atoms with Crippen LogP contribution in [0.2, 0.25) is 0 Å². The summed E-state index contributed by atoms with van der Waals surface area (Å²) in [5.74, 6) is 1.56. The summed E-state index contributed by atoms with van der Waals surface area (Å²) in [4.78, 5) is 8.50. The monoisotopic (exact) mass is 438 g/mol. The van der Waals surface area contributed by atoms with Gasteiger partial charge in [-0.3, -0.25) is 9.98 Å². The molecule has 0 aliphatic heterocycles. The van der Waals surface area contributed by atoms with Gasteiger partial charge in [-0.1, -0.05) is 36.9 Å². The molecule has 2 aromatic rings. The second-order valence-corrected chi connectivity index (χ2v) is 4.81. The molecule has 6 heteroatoms. The number of nitrogens with one attached hydrogen (secondary N) is 2. The second kappa shape index (κ2) is 11.4. The van der Waals surface area contributed by atoms with Crippen molar-refractivity contribution in [3.8, 4) is 5.75 Å². The number of ether oxygens (including phenoxy) is 1. The van der Waals surface area contributed by atoms with Crippen LogP contribution in [-0.2, 0) is 13.1 Å². The van der Waals surface area contributed by atoms with E-state index in [0.29, 0.717) is 25.7 Å². The van der Waals surface area contributed by atoms with E-state index in [1.165, 1.54) is 0 Å². The predicted octanol–water partition coefficient (Wildman–Crippen LogP) is 3.13. The number of pyridine rings is 1. The highest BCUT2D eigenvalue weighted by Gasteiger charge is 2.04. The summed E-state index contributed by atoms with van der Waals surface area (Å²) in [6, 6.07) is 13.8. The molecule has 0 aliphatic rings. The normalized spacial score (nSPS) is 10.5. The maximum atomic E-state index is 5.65. The van der Waals surface area contributed by atoms with Gasteiger partial charge in [0.1, 0.15) is 12.4 Å². The van der Waals surface area contributed by atoms with E-state index in [2.05, 4.69) is 27.2 Å². The van der Waals surface area contributed by atoms with Gasteiger partial charge in [0.05, 0.1) is 12.2 Å². The van der Waals surface area contributed by atoms with Crippen molar-refractivity contribution in [2.24, 2.45) is 4.99 Å². The SMILES string of the molecule is C=CCOc1ccccc1CNC(=NC)NCc1ccccn1.I. The van der Waals surface area contributed by atoms with Crippen LogP contribution in [-0.4, -0.2) is 24.6 Å². The van der Waals surface area contributed by atoms with Crippen LogP contribution < -0.4 is 15.4 Å². The Morgan fingerprint density at radius 2 is 1.92 bits per heavy atom. The molecule has 5 nitrogen and oxygen atoms in total. The Morgan fingerprint density at radius 1 is 1.17 bits per heavy atom. The van der Waals surface area contributed by atoms with E-state index >= 15 is 0 Å². The van der Waals surface area contributed by atoms with Crippen LogP contribution >= 0.6 is 24.0 Å². The Balaban J connectivity index is 0.00000288. The summed E-state index contributed by atoms with van der Waals surface area (Å²) in [5, 5.41) is 6.52. The zero-order chi connectivity index (χ0) is 16.3. The summed E-state index contributed by atoms with van der Waals surface area (Å²) >= 11 is 0. The van der Waals surface area contributed by atoms with Gasteiger partial charge in [-0.25, -0.2) is 0 Å². The number of hydrogen-bond donors (Lipinski definition) is 2. The molecule has 0 radical (unpaired) electrons. The van der Waals surface area contributed by atoms with E-state index in [1.807, 2.05) is 42.5 Å². The summed E-state index contributed by atoms with van der Waals surface area (Å²) < 4.78 is 5.65. The van der Waals surface area contributed by atoms with Crippen LogP contribution in [0.15, 0.2) is 66.3 Å². The van der Waals surface area contributed by atoms with Gasteiger partial charge in [-0.15, -0.1) is 24.0 Å². The summed E-state index contributed by atoms with van der Waals surface area (Å²) in [5.41, 5.74) is 2.03. The molecule has 0 fully saturated rings. The molecule has 2 N–H and O–H groups in total. The first kappa shape index (κ1) is 20.0. The molecule has 1 heterocycles. The standard InChI is InChI=1S/C18H22N4O.HI/c1-3-12-23-17-10-5-4-8-15(17)13-21-18(19-2)22-14-16-9-6-7-11-20-16;/h3-11H,1,12-14H2,2H3,(H2,19,21,22);1H. The fraction of sp³-hybridized carbons (Fsp3) is 0.222. The van der Waals surface area contributed by atoms with Gasteiger partial charge in [-0.05, 0) is 18.2 Å². The summed E-state index contributed by atoms with van der Waals surface area (Å²) in [6.45, 7) is 5.40. The van der Waals surface area contributed by atoms with Crippen molar-refractivity contribution in [1.82, 2.24) is 15.6 Å². The van der Waals surface area contributed by atoms with E-state index in [9.17, 15) is 0 Å². The van der Waals surface area contributed by atoms with E-state index in [0.717, 1.165) is 17.0 Å². The van der Waals surface area contributed by atoms with Gasteiger partial charge in [0.25, 0.3) is 0 Å². The van der Waals surface area contributed by atoms with Gasteiger partial charge in [0, 0.05) is 25.4 Å². The van der Waals surface area contributed by atoms with E-state index < -0.39 is 0 Å². The van der Waals surface area contributed by atoms with Gasteiger partial charge in [0.2, 0.25) is 0 Å². The van der Waals surface area contributed by atoms with E-state index in [1.54, 1.807) is 19.3 Å². The topological polar surface area (TPSA) is 58.5 Å². The highest BCUT2D eigenvalue weighted by molar-refractivity contribution is 14.0. The molecule has 1 aromatic heterocycles. The molecule has 0 amide bonds. The van der Waals surface area contributed by atoms with Crippen LogP contribution in [0.1, 0.15) is 11.3 Å². The first-order chi connectivity index (χ1) is 11.3. The summed E-state index contributed by atoms with van der Waals surface area (Å²) in [6.07, 6.45) is 3.51. The van der Waals surface area contributed by atoms with E-state index in [4.69, 9.17) is 4.74 Å². The zero-order valence-corrected chi connectivity index (χ0v) is 16.1. The maximum Gasteiger partial charge on any atom is 0.191 e. The van der Waals surface area contributed by atoms with Crippen LogP contribution in [0.5, 0.6) is 5.75 Å². The lowest BCUT2D eigenvalue weighted by Gasteiger charge is -2.14. The number of guanidine groups is 1. The fourth-order valence-corrected chi connectivity index (χ4v) is 2.02. The van der Waals surface area contributed by atoms with Crippen molar-refractivity contribution in [1.29, 1.82) is 0 Å². The molecule has 24 heavy (non-hydrogen) atoms. The highest BCUT2D eigenvalue weighted by atomic mass is 127. The quantitative estimate of drug-likeness (QED) is 0.302. The minimum Gasteiger partial charge on any atom is -0.489 e. The predicted molar refractivity (Wildman–Crippen MR) is 109 cm³/mol. The van der Waals surface area contributed by atoms with Crippen molar-refractivity contribution in [3.63, 3.8) is 0 Å². The Kier molecular flexibility index (Phi) is 9.52. The van der Waals surface area contributed by atoms with Gasteiger partial charge in [0.15, 0.2) is 5.96 Å².